The number of anilines is 1. The number of likely N-dealkylation sites (N-methyl/N-ethyl adjacent to an activating group) is 1. The first-order valence-electron chi connectivity index (χ1n) is 11.9. The molecule has 0 radical (unpaired) electrons. The number of rotatable bonds is 9. The lowest BCUT2D eigenvalue weighted by atomic mass is 9.96. The Hall–Kier alpha value is -1.56. The number of thiophene rings is 1. The normalized spacial score (nSPS) is 15.8. The number of fused-ring (bicyclic) bond motifs is 1. The molecule has 7 nitrogen and oxygen atoms in total. The number of hydrogen-bond acceptors (Lipinski definition) is 7. The number of aryl methyl sites for hydroxylation is 1. The highest BCUT2D eigenvalue weighted by Crippen LogP contribution is 2.34. The molecular formula is C24H31ClN4O3S3. The van der Waals surface area contributed by atoms with E-state index >= 15 is 0 Å². The lowest BCUT2D eigenvalue weighted by molar-refractivity contribution is -0.123. The van der Waals surface area contributed by atoms with Crippen LogP contribution < -0.4 is 4.90 Å². The molecule has 35 heavy (non-hydrogen) atoms. The summed E-state index contributed by atoms with van der Waals surface area (Å²) in [6.45, 7) is 10.1. The Kier molecular flexibility index (Phi) is 8.50. The molecule has 0 bridgehead atoms. The molecule has 2 aromatic heterocycles. The van der Waals surface area contributed by atoms with Gasteiger partial charge in [-0.1, -0.05) is 48.9 Å². The summed E-state index contributed by atoms with van der Waals surface area (Å²) in [5, 5.41) is 0.717. The summed E-state index contributed by atoms with van der Waals surface area (Å²) in [7, 11) is -3.59. The minimum absolute atomic E-state index is 0.0325. The molecule has 11 heteroatoms. The van der Waals surface area contributed by atoms with Crippen molar-refractivity contribution in [2.75, 3.05) is 44.2 Å². The molecule has 1 fully saturated rings. The third kappa shape index (κ3) is 5.73. The maximum Gasteiger partial charge on any atom is 0.252 e. The average Bonchev–Trinajstić information content (AvgIpc) is 3.49. The number of para-hydroxylation sites is 1. The van der Waals surface area contributed by atoms with E-state index in [0.29, 0.717) is 36.8 Å². The number of aromatic nitrogens is 1. The highest BCUT2D eigenvalue weighted by Gasteiger charge is 2.35. The smallest absolute Gasteiger partial charge is 0.252 e. The number of sulfonamides is 1. The van der Waals surface area contributed by atoms with E-state index in [1.807, 2.05) is 30.0 Å². The van der Waals surface area contributed by atoms with Gasteiger partial charge in [-0.05, 0) is 56.6 Å². The first kappa shape index (κ1) is 26.5. The van der Waals surface area contributed by atoms with Crippen LogP contribution in [0.1, 0.15) is 32.3 Å². The van der Waals surface area contributed by atoms with E-state index in [2.05, 4.69) is 18.7 Å². The first-order chi connectivity index (χ1) is 16.7. The number of hydrogen-bond donors (Lipinski definition) is 0. The highest BCUT2D eigenvalue weighted by molar-refractivity contribution is 7.91. The van der Waals surface area contributed by atoms with Gasteiger partial charge in [-0.15, -0.1) is 11.3 Å². The van der Waals surface area contributed by atoms with Gasteiger partial charge in [-0.3, -0.25) is 9.69 Å². The van der Waals surface area contributed by atoms with Crippen molar-refractivity contribution in [2.45, 2.75) is 37.8 Å². The summed E-state index contributed by atoms with van der Waals surface area (Å²) < 4.78 is 29.2. The molecule has 0 unspecified atom stereocenters. The van der Waals surface area contributed by atoms with E-state index in [1.54, 1.807) is 23.5 Å². The second-order valence-electron chi connectivity index (χ2n) is 8.67. The number of amides is 1. The standard InChI is InChI=1S/C24H31ClN4O3S3/c1-4-27(5-2)15-16-29(24-26-22-17(3)7-6-8-19(22)33-24)23(30)18-11-13-28(14-12-18)35(31,32)21-10-9-20(25)34-21/h6-10,18H,4-5,11-16H2,1-3H3. The molecule has 1 aliphatic rings. The van der Waals surface area contributed by atoms with Crippen LogP contribution in [0.25, 0.3) is 10.2 Å². The van der Waals surface area contributed by atoms with Crippen molar-refractivity contribution in [3.05, 3.63) is 40.2 Å². The second-order valence-corrected chi connectivity index (χ2v) is 13.6. The first-order valence-corrected chi connectivity index (χ1v) is 15.3. The molecule has 1 aliphatic heterocycles. The Morgan fingerprint density at radius 1 is 1.11 bits per heavy atom. The molecule has 1 saturated heterocycles. The molecule has 0 spiro atoms. The van der Waals surface area contributed by atoms with E-state index in [4.69, 9.17) is 16.6 Å². The lowest BCUT2D eigenvalue weighted by Crippen LogP contribution is -2.46. The van der Waals surface area contributed by atoms with Gasteiger partial charge in [0.05, 0.1) is 14.6 Å². The summed E-state index contributed by atoms with van der Waals surface area (Å²) in [6.07, 6.45) is 0.978. The van der Waals surface area contributed by atoms with Gasteiger partial charge in [0.2, 0.25) is 5.91 Å². The molecule has 0 N–H and O–H groups in total. The Morgan fingerprint density at radius 2 is 1.83 bits per heavy atom. The van der Waals surface area contributed by atoms with Crippen molar-refractivity contribution in [3.63, 3.8) is 0 Å². The number of thiazole rings is 1. The lowest BCUT2D eigenvalue weighted by Gasteiger charge is -2.33. The van der Waals surface area contributed by atoms with Gasteiger partial charge in [-0.25, -0.2) is 13.4 Å². The monoisotopic (exact) mass is 554 g/mol. The topological polar surface area (TPSA) is 73.8 Å². The molecule has 0 aliphatic carbocycles. The van der Waals surface area contributed by atoms with Gasteiger partial charge < -0.3 is 4.90 Å². The van der Waals surface area contributed by atoms with Gasteiger partial charge in [-0.2, -0.15) is 4.31 Å². The van der Waals surface area contributed by atoms with Crippen LogP contribution in [0.5, 0.6) is 0 Å². The van der Waals surface area contributed by atoms with Gasteiger partial charge in [0.15, 0.2) is 5.13 Å². The van der Waals surface area contributed by atoms with E-state index < -0.39 is 10.0 Å². The van der Waals surface area contributed by atoms with Crippen LogP contribution in [0.2, 0.25) is 4.34 Å². The van der Waals surface area contributed by atoms with Crippen LogP contribution >= 0.6 is 34.3 Å². The Labute approximate surface area is 220 Å². The molecule has 4 rings (SSSR count). The summed E-state index contributed by atoms with van der Waals surface area (Å²) in [5.41, 5.74) is 2.02. The molecule has 1 amide bonds. The predicted molar refractivity (Wildman–Crippen MR) is 145 cm³/mol. The van der Waals surface area contributed by atoms with E-state index in [1.165, 1.54) is 4.31 Å². The van der Waals surface area contributed by atoms with E-state index in [9.17, 15) is 13.2 Å². The Balaban J connectivity index is 1.52. The zero-order valence-corrected chi connectivity index (χ0v) is 23.4. The zero-order chi connectivity index (χ0) is 25.2. The van der Waals surface area contributed by atoms with E-state index in [0.717, 1.165) is 51.9 Å². The quantitative estimate of drug-likeness (QED) is 0.368. The van der Waals surface area contributed by atoms with Gasteiger partial charge in [0.25, 0.3) is 10.0 Å². The van der Waals surface area contributed by atoms with Crippen molar-refractivity contribution in [3.8, 4) is 0 Å². The zero-order valence-electron chi connectivity index (χ0n) is 20.2. The number of carbonyl (C=O) groups excluding carboxylic acids is 1. The molecule has 3 aromatic rings. The van der Waals surface area contributed by atoms with Crippen molar-refractivity contribution >= 4 is 65.6 Å². The fourth-order valence-corrected chi connectivity index (χ4v) is 8.58. The molecular weight excluding hydrogens is 524 g/mol. The molecule has 0 saturated carbocycles. The maximum absolute atomic E-state index is 13.8. The maximum atomic E-state index is 13.8. The number of piperidine rings is 1. The van der Waals surface area contributed by atoms with Crippen LogP contribution in [0.3, 0.4) is 0 Å². The summed E-state index contributed by atoms with van der Waals surface area (Å²) in [5.74, 6) is -0.205. The predicted octanol–water partition coefficient (Wildman–Crippen LogP) is 5.10. The van der Waals surface area contributed by atoms with Gasteiger partial charge in [0.1, 0.15) is 4.21 Å². The van der Waals surface area contributed by atoms with E-state index in [-0.39, 0.29) is 16.0 Å². The minimum Gasteiger partial charge on any atom is -0.302 e. The number of carbonyl (C=O) groups is 1. The van der Waals surface area contributed by atoms with Crippen LogP contribution in [-0.4, -0.2) is 67.8 Å². The molecule has 0 atom stereocenters. The highest BCUT2D eigenvalue weighted by atomic mass is 35.5. The summed E-state index contributed by atoms with van der Waals surface area (Å²) in [4.78, 5) is 22.7. The minimum atomic E-state index is -3.59. The Bertz CT molecular complexity index is 1280. The van der Waals surface area contributed by atoms with Crippen molar-refractivity contribution in [1.29, 1.82) is 0 Å². The fourth-order valence-electron chi connectivity index (χ4n) is 4.40. The van der Waals surface area contributed by atoms with Crippen LogP contribution in [0.4, 0.5) is 5.13 Å². The van der Waals surface area contributed by atoms with Crippen LogP contribution in [-0.2, 0) is 14.8 Å². The van der Waals surface area contributed by atoms with Crippen LogP contribution in [0, 0.1) is 12.8 Å². The summed E-state index contributed by atoms with van der Waals surface area (Å²) >= 11 is 8.56. The fraction of sp³-hybridized carbons (Fsp3) is 0.500. The van der Waals surface area contributed by atoms with Crippen molar-refractivity contribution in [2.24, 2.45) is 5.92 Å². The van der Waals surface area contributed by atoms with Crippen LogP contribution in [0.15, 0.2) is 34.5 Å². The van der Waals surface area contributed by atoms with Gasteiger partial charge in [0, 0.05) is 32.1 Å². The van der Waals surface area contributed by atoms with Gasteiger partial charge >= 0.3 is 0 Å². The van der Waals surface area contributed by atoms with Crippen molar-refractivity contribution < 1.29 is 13.2 Å². The number of nitrogens with zero attached hydrogens (tertiary/aromatic N) is 4. The van der Waals surface area contributed by atoms with Crippen molar-refractivity contribution in [1.82, 2.24) is 14.2 Å². The molecule has 1 aromatic carbocycles. The SMILES string of the molecule is CCN(CC)CCN(C(=O)C1CCN(S(=O)(=O)c2ccc(Cl)s2)CC1)c1nc2c(C)cccc2s1. The number of halogens is 1. The molecule has 3 heterocycles. The third-order valence-electron chi connectivity index (χ3n) is 6.59. The average molecular weight is 555 g/mol. The summed E-state index contributed by atoms with van der Waals surface area (Å²) in [6, 6.07) is 9.23. The molecule has 190 valence electrons. The largest absolute Gasteiger partial charge is 0.302 e. The Morgan fingerprint density at radius 3 is 2.43 bits per heavy atom. The number of benzene rings is 1. The third-order valence-corrected chi connectivity index (χ3v) is 11.2. The second kappa shape index (κ2) is 11.2.